The Bertz CT molecular complexity index is 350. The standard InChI is InChI=1S/C9H12N2O3/c1-9(10,8(12)13)6-4-3-5-7(11-6)14-2/h3-5H,10H2,1-2H3,(H,12,13). The topological polar surface area (TPSA) is 85.4 Å². The normalized spacial score (nSPS) is 14.5. The van der Waals surface area contributed by atoms with Gasteiger partial charge in [-0.25, -0.2) is 9.78 Å². The maximum absolute atomic E-state index is 10.8. The van der Waals surface area contributed by atoms with E-state index in [1.54, 1.807) is 18.2 Å². The molecule has 0 aliphatic rings. The first-order valence-corrected chi connectivity index (χ1v) is 4.02. The van der Waals surface area contributed by atoms with Crippen LogP contribution in [-0.2, 0) is 10.3 Å². The van der Waals surface area contributed by atoms with Gasteiger partial charge in [-0.3, -0.25) is 0 Å². The highest BCUT2D eigenvalue weighted by Gasteiger charge is 2.31. The van der Waals surface area contributed by atoms with Crippen LogP contribution in [0.3, 0.4) is 0 Å². The maximum Gasteiger partial charge on any atom is 0.329 e. The fourth-order valence-corrected chi connectivity index (χ4v) is 0.927. The van der Waals surface area contributed by atoms with Gasteiger partial charge in [0.25, 0.3) is 0 Å². The summed E-state index contributed by atoms with van der Waals surface area (Å²) >= 11 is 0. The number of rotatable bonds is 3. The van der Waals surface area contributed by atoms with E-state index in [1.165, 1.54) is 14.0 Å². The van der Waals surface area contributed by atoms with Crippen LogP contribution in [0.1, 0.15) is 12.6 Å². The molecule has 0 saturated carbocycles. The number of aliphatic carboxylic acids is 1. The van der Waals surface area contributed by atoms with E-state index in [1.807, 2.05) is 0 Å². The predicted molar refractivity (Wildman–Crippen MR) is 50.0 cm³/mol. The molecule has 5 nitrogen and oxygen atoms in total. The molecule has 3 N–H and O–H groups in total. The Hall–Kier alpha value is -1.62. The number of nitrogens with two attached hydrogens (primary N) is 1. The summed E-state index contributed by atoms with van der Waals surface area (Å²) in [5.74, 6) is -0.779. The molecule has 0 spiro atoms. The highest BCUT2D eigenvalue weighted by molar-refractivity contribution is 5.79. The van der Waals surface area contributed by atoms with Gasteiger partial charge >= 0.3 is 5.97 Å². The van der Waals surface area contributed by atoms with Gasteiger partial charge in [0.05, 0.1) is 12.8 Å². The highest BCUT2D eigenvalue weighted by Crippen LogP contribution is 2.18. The monoisotopic (exact) mass is 196 g/mol. The molecule has 76 valence electrons. The number of carboxylic acid groups (broad SMARTS) is 1. The second-order valence-corrected chi connectivity index (χ2v) is 3.07. The first-order chi connectivity index (χ1) is 6.48. The quantitative estimate of drug-likeness (QED) is 0.728. The van der Waals surface area contributed by atoms with Crippen molar-refractivity contribution in [1.82, 2.24) is 4.98 Å². The Labute approximate surface area is 81.5 Å². The molecule has 0 aliphatic heterocycles. The lowest BCUT2D eigenvalue weighted by Crippen LogP contribution is -2.42. The Balaban J connectivity index is 3.12. The molecule has 1 heterocycles. The Morgan fingerprint density at radius 3 is 2.79 bits per heavy atom. The second kappa shape index (κ2) is 3.63. The van der Waals surface area contributed by atoms with Crippen LogP contribution in [0, 0.1) is 0 Å². The summed E-state index contributed by atoms with van der Waals surface area (Å²) in [6.45, 7) is 1.39. The van der Waals surface area contributed by atoms with Crippen LogP contribution in [0.25, 0.3) is 0 Å². The van der Waals surface area contributed by atoms with Crippen molar-refractivity contribution >= 4 is 5.97 Å². The Kier molecular flexibility index (Phi) is 2.71. The van der Waals surface area contributed by atoms with Crippen LogP contribution in [0.5, 0.6) is 5.88 Å². The van der Waals surface area contributed by atoms with Crippen molar-refractivity contribution in [3.8, 4) is 5.88 Å². The first-order valence-electron chi connectivity index (χ1n) is 4.02. The van der Waals surface area contributed by atoms with Crippen LogP contribution in [-0.4, -0.2) is 23.2 Å². The fourth-order valence-electron chi connectivity index (χ4n) is 0.927. The maximum atomic E-state index is 10.8. The van der Waals surface area contributed by atoms with Crippen molar-refractivity contribution in [2.45, 2.75) is 12.5 Å². The molecule has 0 radical (unpaired) electrons. The molecular formula is C9H12N2O3. The number of carbonyl (C=O) groups is 1. The van der Waals surface area contributed by atoms with E-state index in [2.05, 4.69) is 4.98 Å². The molecule has 0 aromatic carbocycles. The van der Waals surface area contributed by atoms with Crippen molar-refractivity contribution in [2.75, 3.05) is 7.11 Å². The molecule has 14 heavy (non-hydrogen) atoms. The third kappa shape index (κ3) is 1.82. The molecule has 0 saturated heterocycles. The van der Waals surface area contributed by atoms with Gasteiger partial charge in [0.2, 0.25) is 5.88 Å². The largest absolute Gasteiger partial charge is 0.481 e. The third-order valence-electron chi connectivity index (χ3n) is 1.91. The van der Waals surface area contributed by atoms with E-state index in [9.17, 15) is 4.79 Å². The van der Waals surface area contributed by atoms with E-state index < -0.39 is 11.5 Å². The molecule has 0 amide bonds. The molecular weight excluding hydrogens is 184 g/mol. The van der Waals surface area contributed by atoms with Crippen LogP contribution in [0.4, 0.5) is 0 Å². The summed E-state index contributed by atoms with van der Waals surface area (Å²) in [5, 5.41) is 8.85. The molecule has 1 unspecified atom stereocenters. The average molecular weight is 196 g/mol. The van der Waals surface area contributed by atoms with Gasteiger partial charge in [-0.15, -0.1) is 0 Å². The van der Waals surface area contributed by atoms with Crippen LogP contribution in [0.15, 0.2) is 18.2 Å². The lowest BCUT2D eigenvalue weighted by atomic mass is 9.99. The highest BCUT2D eigenvalue weighted by atomic mass is 16.5. The minimum atomic E-state index is -1.49. The summed E-state index contributed by atoms with van der Waals surface area (Å²) < 4.78 is 4.87. The van der Waals surface area contributed by atoms with Gasteiger partial charge in [-0.2, -0.15) is 0 Å². The second-order valence-electron chi connectivity index (χ2n) is 3.07. The van der Waals surface area contributed by atoms with Gasteiger partial charge in [0.1, 0.15) is 0 Å². The van der Waals surface area contributed by atoms with Gasteiger partial charge in [0, 0.05) is 6.07 Å². The zero-order chi connectivity index (χ0) is 10.8. The molecule has 1 aromatic heterocycles. The average Bonchev–Trinajstić information content (AvgIpc) is 2.17. The van der Waals surface area contributed by atoms with E-state index in [-0.39, 0.29) is 5.69 Å². The smallest absolute Gasteiger partial charge is 0.329 e. The van der Waals surface area contributed by atoms with E-state index in [0.29, 0.717) is 5.88 Å². The summed E-state index contributed by atoms with van der Waals surface area (Å²) in [5.41, 5.74) is 4.36. The lowest BCUT2D eigenvalue weighted by molar-refractivity contribution is -0.143. The van der Waals surface area contributed by atoms with E-state index >= 15 is 0 Å². The Morgan fingerprint density at radius 2 is 2.29 bits per heavy atom. The van der Waals surface area contributed by atoms with E-state index in [4.69, 9.17) is 15.6 Å². The van der Waals surface area contributed by atoms with Crippen LogP contribution >= 0.6 is 0 Å². The molecule has 1 atom stereocenters. The SMILES string of the molecule is COc1cccc(C(C)(N)C(=O)O)n1. The minimum absolute atomic E-state index is 0.268. The number of hydrogen-bond donors (Lipinski definition) is 2. The summed E-state index contributed by atoms with van der Waals surface area (Å²) in [6.07, 6.45) is 0. The zero-order valence-electron chi connectivity index (χ0n) is 8.02. The summed E-state index contributed by atoms with van der Waals surface area (Å²) in [7, 11) is 1.46. The molecule has 0 fully saturated rings. The lowest BCUT2D eigenvalue weighted by Gasteiger charge is -2.18. The molecule has 0 bridgehead atoms. The van der Waals surface area contributed by atoms with Crippen molar-refractivity contribution in [3.05, 3.63) is 23.9 Å². The number of nitrogens with zero attached hydrogens (tertiary/aromatic N) is 1. The number of hydrogen-bond acceptors (Lipinski definition) is 4. The molecule has 5 heteroatoms. The summed E-state index contributed by atoms with van der Waals surface area (Å²) in [4.78, 5) is 14.8. The predicted octanol–water partition coefficient (Wildman–Crippen LogP) is 0.349. The zero-order valence-corrected chi connectivity index (χ0v) is 8.02. The van der Waals surface area contributed by atoms with Crippen molar-refractivity contribution < 1.29 is 14.6 Å². The number of aromatic nitrogens is 1. The minimum Gasteiger partial charge on any atom is -0.481 e. The van der Waals surface area contributed by atoms with Crippen molar-refractivity contribution in [1.29, 1.82) is 0 Å². The Morgan fingerprint density at radius 1 is 1.64 bits per heavy atom. The third-order valence-corrected chi connectivity index (χ3v) is 1.91. The molecule has 1 rings (SSSR count). The van der Waals surface area contributed by atoms with Gasteiger partial charge < -0.3 is 15.6 Å². The fraction of sp³-hybridized carbons (Fsp3) is 0.333. The first kappa shape index (κ1) is 10.5. The van der Waals surface area contributed by atoms with E-state index in [0.717, 1.165) is 0 Å². The van der Waals surface area contributed by atoms with Crippen molar-refractivity contribution in [3.63, 3.8) is 0 Å². The number of methoxy groups -OCH3 is 1. The number of ether oxygens (including phenoxy) is 1. The molecule has 0 aliphatic carbocycles. The van der Waals surface area contributed by atoms with Gasteiger partial charge in [0.15, 0.2) is 5.54 Å². The van der Waals surface area contributed by atoms with Gasteiger partial charge in [-0.05, 0) is 13.0 Å². The number of carboxylic acids is 1. The van der Waals surface area contributed by atoms with Gasteiger partial charge in [-0.1, -0.05) is 6.07 Å². The number of pyridine rings is 1. The van der Waals surface area contributed by atoms with Crippen molar-refractivity contribution in [2.24, 2.45) is 5.73 Å². The van der Waals surface area contributed by atoms with Crippen LogP contribution < -0.4 is 10.5 Å². The molecule has 1 aromatic rings. The van der Waals surface area contributed by atoms with Crippen LogP contribution in [0.2, 0.25) is 0 Å². The summed E-state index contributed by atoms with van der Waals surface area (Å²) in [6, 6.07) is 4.83.